The molecule has 166 valence electrons. The van der Waals surface area contributed by atoms with E-state index in [-0.39, 0.29) is 0 Å². The zero-order valence-corrected chi connectivity index (χ0v) is 19.3. The number of hydrogen-bond acceptors (Lipinski definition) is 3. The van der Waals surface area contributed by atoms with Crippen LogP contribution in [0, 0.1) is 11.8 Å². The average molecular weight is 432 g/mol. The molecule has 0 bridgehead atoms. The van der Waals surface area contributed by atoms with Crippen LogP contribution in [0.15, 0.2) is 24.3 Å². The summed E-state index contributed by atoms with van der Waals surface area (Å²) in [5.41, 5.74) is 1.29. The Balaban J connectivity index is 1.36. The second kappa shape index (κ2) is 10.5. The molecule has 1 aromatic rings. The first-order valence-corrected chi connectivity index (χ1v) is 12.4. The van der Waals surface area contributed by atoms with E-state index in [2.05, 4.69) is 33.8 Å². The third-order valence-corrected chi connectivity index (χ3v) is 7.78. The molecule has 4 rings (SSSR count). The number of hydrogen-bond donors (Lipinski definition) is 0. The van der Waals surface area contributed by atoms with Gasteiger partial charge in [0.25, 0.3) is 0 Å². The third-order valence-electron chi connectivity index (χ3n) is 7.55. The van der Waals surface area contributed by atoms with E-state index < -0.39 is 0 Å². The lowest BCUT2D eigenvalue weighted by molar-refractivity contribution is -0.133. The maximum atomic E-state index is 12.9. The zero-order chi connectivity index (χ0) is 20.9. The SMILES string of the molecule is CC1CCN(C(=O)CC[C@@H]2CN(Cc3cccc(Cl)c3)CC[C@@H]2N2CCCC2)CC1. The normalized spacial score (nSPS) is 26.9. The highest BCUT2D eigenvalue weighted by atomic mass is 35.5. The predicted octanol–water partition coefficient (Wildman–Crippen LogP) is 4.67. The van der Waals surface area contributed by atoms with Gasteiger partial charge in [-0.1, -0.05) is 30.7 Å². The van der Waals surface area contributed by atoms with E-state index in [1.165, 1.54) is 50.8 Å². The Morgan fingerprint density at radius 2 is 1.83 bits per heavy atom. The molecule has 3 fully saturated rings. The Labute approximate surface area is 187 Å². The van der Waals surface area contributed by atoms with Crippen LogP contribution < -0.4 is 0 Å². The molecule has 0 saturated carbocycles. The lowest BCUT2D eigenvalue weighted by atomic mass is 9.86. The van der Waals surface area contributed by atoms with Gasteiger partial charge in [-0.3, -0.25) is 9.69 Å². The van der Waals surface area contributed by atoms with Gasteiger partial charge in [-0.05, 0) is 87.7 Å². The quantitative estimate of drug-likeness (QED) is 0.655. The molecular formula is C25H38ClN3O. The van der Waals surface area contributed by atoms with Crippen molar-refractivity contribution in [2.24, 2.45) is 11.8 Å². The van der Waals surface area contributed by atoms with Gasteiger partial charge in [0.1, 0.15) is 0 Å². The fourth-order valence-corrected chi connectivity index (χ4v) is 5.91. The summed E-state index contributed by atoms with van der Waals surface area (Å²) in [5.74, 6) is 1.74. The molecule has 3 saturated heterocycles. The van der Waals surface area contributed by atoms with E-state index in [0.29, 0.717) is 24.3 Å². The summed E-state index contributed by atoms with van der Waals surface area (Å²) >= 11 is 6.20. The van der Waals surface area contributed by atoms with Gasteiger partial charge in [0.2, 0.25) is 5.91 Å². The molecule has 3 aliphatic heterocycles. The molecule has 0 radical (unpaired) electrons. The van der Waals surface area contributed by atoms with Crippen molar-refractivity contribution in [3.8, 4) is 0 Å². The lowest BCUT2D eigenvalue weighted by Crippen LogP contribution is -2.50. The van der Waals surface area contributed by atoms with Crippen LogP contribution in [0.5, 0.6) is 0 Å². The second-order valence-electron chi connectivity index (χ2n) is 9.83. The summed E-state index contributed by atoms with van der Waals surface area (Å²) in [7, 11) is 0. The van der Waals surface area contributed by atoms with Crippen LogP contribution in [0.1, 0.15) is 57.4 Å². The highest BCUT2D eigenvalue weighted by molar-refractivity contribution is 6.30. The molecular weight excluding hydrogens is 394 g/mol. The minimum Gasteiger partial charge on any atom is -0.343 e. The van der Waals surface area contributed by atoms with Crippen LogP contribution in [0.4, 0.5) is 0 Å². The lowest BCUT2D eigenvalue weighted by Gasteiger charge is -2.43. The molecule has 2 atom stereocenters. The third kappa shape index (κ3) is 5.77. The number of carbonyl (C=O) groups is 1. The van der Waals surface area contributed by atoms with Gasteiger partial charge < -0.3 is 9.80 Å². The van der Waals surface area contributed by atoms with Crippen molar-refractivity contribution in [3.63, 3.8) is 0 Å². The van der Waals surface area contributed by atoms with E-state index >= 15 is 0 Å². The van der Waals surface area contributed by atoms with Gasteiger partial charge in [-0.25, -0.2) is 0 Å². The van der Waals surface area contributed by atoms with Gasteiger partial charge in [0, 0.05) is 43.7 Å². The second-order valence-corrected chi connectivity index (χ2v) is 10.3. The van der Waals surface area contributed by atoms with Crippen molar-refractivity contribution in [1.29, 1.82) is 0 Å². The van der Waals surface area contributed by atoms with E-state index in [9.17, 15) is 4.79 Å². The Hall–Kier alpha value is -1.10. The van der Waals surface area contributed by atoms with E-state index in [1.807, 2.05) is 12.1 Å². The summed E-state index contributed by atoms with van der Waals surface area (Å²) in [6.07, 6.45) is 7.96. The number of halogens is 1. The number of benzene rings is 1. The van der Waals surface area contributed by atoms with Crippen molar-refractivity contribution in [3.05, 3.63) is 34.9 Å². The number of amides is 1. The highest BCUT2D eigenvalue weighted by Gasteiger charge is 2.35. The molecule has 0 unspecified atom stereocenters. The Bertz CT molecular complexity index is 697. The Morgan fingerprint density at radius 3 is 2.57 bits per heavy atom. The molecule has 0 aliphatic carbocycles. The molecule has 30 heavy (non-hydrogen) atoms. The molecule has 1 aromatic carbocycles. The molecule has 3 heterocycles. The van der Waals surface area contributed by atoms with Crippen molar-refractivity contribution >= 4 is 17.5 Å². The molecule has 4 nitrogen and oxygen atoms in total. The van der Waals surface area contributed by atoms with E-state index in [1.54, 1.807) is 0 Å². The molecule has 0 N–H and O–H groups in total. The van der Waals surface area contributed by atoms with Crippen molar-refractivity contribution < 1.29 is 4.79 Å². The Kier molecular flexibility index (Phi) is 7.72. The monoisotopic (exact) mass is 431 g/mol. The summed E-state index contributed by atoms with van der Waals surface area (Å²) in [4.78, 5) is 20.3. The minimum absolute atomic E-state index is 0.383. The van der Waals surface area contributed by atoms with Crippen LogP contribution in [0.2, 0.25) is 5.02 Å². The average Bonchev–Trinajstić information content (AvgIpc) is 3.27. The standard InChI is InChI=1S/C25H38ClN3O/c1-20-9-15-29(16-10-20)25(30)8-7-22-19-27(18-21-5-4-6-23(26)17-21)14-11-24(22)28-12-2-3-13-28/h4-6,17,20,22,24H,2-3,7-16,18-19H2,1H3/t22-,24+/m1/s1. The molecule has 0 aromatic heterocycles. The summed E-state index contributed by atoms with van der Waals surface area (Å²) in [6.45, 7) is 9.91. The van der Waals surface area contributed by atoms with Crippen LogP contribution in [0.25, 0.3) is 0 Å². The fourth-order valence-electron chi connectivity index (χ4n) is 5.69. The Morgan fingerprint density at radius 1 is 1.07 bits per heavy atom. The first-order valence-electron chi connectivity index (χ1n) is 12.1. The fraction of sp³-hybridized carbons (Fsp3) is 0.720. The summed E-state index contributed by atoms with van der Waals surface area (Å²) in [6, 6.07) is 8.90. The van der Waals surface area contributed by atoms with Gasteiger partial charge in [-0.2, -0.15) is 0 Å². The van der Waals surface area contributed by atoms with Crippen LogP contribution >= 0.6 is 11.6 Å². The molecule has 3 aliphatic rings. The highest BCUT2D eigenvalue weighted by Crippen LogP contribution is 2.30. The predicted molar refractivity (Wildman–Crippen MR) is 124 cm³/mol. The number of likely N-dealkylation sites (tertiary alicyclic amines) is 3. The first kappa shape index (κ1) is 22.1. The number of piperidine rings is 2. The summed E-state index contributed by atoms with van der Waals surface area (Å²) in [5, 5.41) is 0.817. The molecule has 1 amide bonds. The van der Waals surface area contributed by atoms with E-state index in [0.717, 1.165) is 50.1 Å². The topological polar surface area (TPSA) is 26.8 Å². The van der Waals surface area contributed by atoms with Gasteiger partial charge in [-0.15, -0.1) is 0 Å². The van der Waals surface area contributed by atoms with Crippen LogP contribution in [0.3, 0.4) is 0 Å². The maximum absolute atomic E-state index is 12.9. The van der Waals surface area contributed by atoms with Crippen LogP contribution in [-0.4, -0.2) is 65.9 Å². The number of carbonyl (C=O) groups excluding carboxylic acids is 1. The van der Waals surface area contributed by atoms with Gasteiger partial charge >= 0.3 is 0 Å². The van der Waals surface area contributed by atoms with Crippen LogP contribution in [-0.2, 0) is 11.3 Å². The van der Waals surface area contributed by atoms with E-state index in [4.69, 9.17) is 11.6 Å². The molecule has 5 heteroatoms. The van der Waals surface area contributed by atoms with Gasteiger partial charge in [0.05, 0.1) is 0 Å². The largest absolute Gasteiger partial charge is 0.343 e. The molecule has 0 spiro atoms. The van der Waals surface area contributed by atoms with Crippen molar-refractivity contribution in [1.82, 2.24) is 14.7 Å². The zero-order valence-electron chi connectivity index (χ0n) is 18.6. The number of nitrogens with zero attached hydrogens (tertiary/aromatic N) is 3. The minimum atomic E-state index is 0.383. The first-order chi connectivity index (χ1) is 14.6. The summed E-state index contributed by atoms with van der Waals surface area (Å²) < 4.78 is 0. The van der Waals surface area contributed by atoms with Crippen molar-refractivity contribution in [2.75, 3.05) is 39.3 Å². The number of rotatable bonds is 6. The smallest absolute Gasteiger partial charge is 0.222 e. The van der Waals surface area contributed by atoms with Crippen molar-refractivity contribution in [2.45, 2.75) is 64.5 Å². The van der Waals surface area contributed by atoms with Gasteiger partial charge in [0.15, 0.2) is 0 Å². The maximum Gasteiger partial charge on any atom is 0.222 e.